The van der Waals surface area contributed by atoms with Crippen molar-refractivity contribution in [3.05, 3.63) is 212 Å². The average Bonchev–Trinajstić information content (AvgIpc) is 3.81. The molecule has 0 aliphatic rings. The van der Waals surface area contributed by atoms with Crippen LogP contribution in [0, 0.1) is 0 Å². The van der Waals surface area contributed by atoms with Gasteiger partial charge in [-0.25, -0.2) is 0 Å². The Morgan fingerprint density at radius 3 is 2.13 bits per heavy atom. The molecule has 2 aromatic heterocycles. The largest absolute Gasteiger partial charge is 0.457 e. The van der Waals surface area contributed by atoms with Gasteiger partial charge in [0, 0.05) is 39.1 Å². The lowest BCUT2D eigenvalue weighted by atomic mass is 9.98. The Balaban J connectivity index is 1.13. The standard InChI is InChI=1S/C50H35NO2/c1-2-3-17-41(32-35-23-30-49-47(33-35)46-29-26-37-14-5-8-20-45(37)50(46)53-49)51(31-11-10-18-42-34-39-15-6-9-22-48(39)52-42)40-27-24-38(25-28-40)44-21-12-16-36-13-4-7-19-43(36)44/h2-34H,1H2/b17-3-,18-10-,31-11+,41-32-. The second kappa shape index (κ2) is 13.9. The van der Waals surface area contributed by atoms with E-state index in [1.807, 2.05) is 42.5 Å². The number of fused-ring (bicyclic) bond motifs is 7. The number of benzene rings is 7. The van der Waals surface area contributed by atoms with Crippen LogP contribution in [0.15, 0.2) is 209 Å². The minimum Gasteiger partial charge on any atom is -0.457 e. The predicted octanol–water partition coefficient (Wildman–Crippen LogP) is 14.1. The van der Waals surface area contributed by atoms with Gasteiger partial charge in [0.25, 0.3) is 0 Å². The number of para-hydroxylation sites is 1. The quantitative estimate of drug-likeness (QED) is 0.142. The Morgan fingerprint density at radius 1 is 0.547 bits per heavy atom. The summed E-state index contributed by atoms with van der Waals surface area (Å²) in [6.07, 6.45) is 16.2. The van der Waals surface area contributed by atoms with E-state index in [2.05, 4.69) is 163 Å². The molecule has 3 nitrogen and oxygen atoms in total. The maximum absolute atomic E-state index is 6.42. The van der Waals surface area contributed by atoms with Crippen molar-refractivity contribution >= 4 is 72.3 Å². The van der Waals surface area contributed by atoms with Gasteiger partial charge in [0.05, 0.1) is 0 Å². The molecule has 252 valence electrons. The van der Waals surface area contributed by atoms with Gasteiger partial charge in [0.2, 0.25) is 0 Å². The van der Waals surface area contributed by atoms with Crippen LogP contribution in [0.25, 0.3) is 77.7 Å². The topological polar surface area (TPSA) is 29.5 Å². The minimum atomic E-state index is 0.803. The molecule has 0 radical (unpaired) electrons. The van der Waals surface area contributed by atoms with Crippen molar-refractivity contribution < 1.29 is 8.83 Å². The summed E-state index contributed by atoms with van der Waals surface area (Å²) in [5, 5.41) is 8.02. The van der Waals surface area contributed by atoms with Crippen molar-refractivity contribution in [2.45, 2.75) is 0 Å². The maximum Gasteiger partial charge on any atom is 0.143 e. The molecular weight excluding hydrogens is 647 g/mol. The smallest absolute Gasteiger partial charge is 0.143 e. The molecule has 0 fully saturated rings. The molecule has 3 heteroatoms. The van der Waals surface area contributed by atoms with Gasteiger partial charge < -0.3 is 13.7 Å². The Labute approximate surface area is 308 Å². The molecule has 2 heterocycles. The highest BCUT2D eigenvalue weighted by Gasteiger charge is 2.13. The first-order chi connectivity index (χ1) is 26.2. The summed E-state index contributed by atoms with van der Waals surface area (Å²) in [4.78, 5) is 2.20. The Morgan fingerprint density at radius 2 is 1.30 bits per heavy atom. The molecule has 9 aromatic rings. The van der Waals surface area contributed by atoms with E-state index in [1.54, 1.807) is 6.08 Å². The normalized spacial score (nSPS) is 12.5. The van der Waals surface area contributed by atoms with E-state index in [-0.39, 0.29) is 0 Å². The summed E-state index contributed by atoms with van der Waals surface area (Å²) in [5.41, 5.74) is 8.07. The van der Waals surface area contributed by atoms with Crippen molar-refractivity contribution in [2.24, 2.45) is 0 Å². The molecule has 0 bridgehead atoms. The summed E-state index contributed by atoms with van der Waals surface area (Å²) in [6.45, 7) is 3.98. The predicted molar refractivity (Wildman–Crippen MR) is 225 cm³/mol. The number of hydrogen-bond donors (Lipinski definition) is 0. The Hall–Kier alpha value is -7.10. The highest BCUT2D eigenvalue weighted by Crippen LogP contribution is 2.36. The number of allylic oxidation sites excluding steroid dienone is 5. The van der Waals surface area contributed by atoms with Crippen molar-refractivity contribution in [1.29, 1.82) is 0 Å². The number of hydrogen-bond acceptors (Lipinski definition) is 3. The van der Waals surface area contributed by atoms with E-state index >= 15 is 0 Å². The molecule has 0 aliphatic heterocycles. The van der Waals surface area contributed by atoms with Crippen LogP contribution < -0.4 is 4.90 Å². The molecule has 0 unspecified atom stereocenters. The van der Waals surface area contributed by atoms with Gasteiger partial charge in [-0.15, -0.1) is 0 Å². The maximum atomic E-state index is 6.42. The zero-order valence-electron chi connectivity index (χ0n) is 29.0. The van der Waals surface area contributed by atoms with Crippen LogP contribution in [0.2, 0.25) is 0 Å². The number of anilines is 1. The third kappa shape index (κ3) is 6.26. The fraction of sp³-hybridized carbons (Fsp3) is 0. The second-order valence-corrected chi connectivity index (χ2v) is 13.0. The van der Waals surface area contributed by atoms with Crippen molar-refractivity contribution in [2.75, 3.05) is 4.90 Å². The molecule has 0 atom stereocenters. The molecule has 0 aliphatic carbocycles. The van der Waals surface area contributed by atoms with Crippen LogP contribution in [0.3, 0.4) is 0 Å². The van der Waals surface area contributed by atoms with Gasteiger partial charge in [-0.2, -0.15) is 0 Å². The van der Waals surface area contributed by atoms with Crippen molar-refractivity contribution in [1.82, 2.24) is 0 Å². The van der Waals surface area contributed by atoms with Gasteiger partial charge in [0.15, 0.2) is 0 Å². The molecule has 0 N–H and O–H groups in total. The monoisotopic (exact) mass is 681 g/mol. The first-order valence-corrected chi connectivity index (χ1v) is 17.8. The van der Waals surface area contributed by atoms with Crippen molar-refractivity contribution in [3.63, 3.8) is 0 Å². The lowest BCUT2D eigenvalue weighted by Crippen LogP contribution is -2.13. The number of furan rings is 2. The van der Waals surface area contributed by atoms with Gasteiger partial charge in [-0.3, -0.25) is 0 Å². The summed E-state index contributed by atoms with van der Waals surface area (Å²) < 4.78 is 12.5. The summed E-state index contributed by atoms with van der Waals surface area (Å²) >= 11 is 0. The molecule has 0 saturated heterocycles. The first kappa shape index (κ1) is 31.9. The molecular formula is C50H35NO2. The minimum absolute atomic E-state index is 0.803. The third-order valence-electron chi connectivity index (χ3n) is 9.68. The molecule has 0 saturated carbocycles. The van der Waals surface area contributed by atoms with Gasteiger partial charge in [-0.1, -0.05) is 134 Å². The molecule has 7 aromatic carbocycles. The van der Waals surface area contributed by atoms with E-state index < -0.39 is 0 Å². The van der Waals surface area contributed by atoms with E-state index in [1.165, 1.54) is 21.7 Å². The fourth-order valence-corrected chi connectivity index (χ4v) is 7.12. The first-order valence-electron chi connectivity index (χ1n) is 17.8. The number of nitrogens with zero attached hydrogens (tertiary/aromatic N) is 1. The Bertz CT molecular complexity index is 2870. The summed E-state index contributed by atoms with van der Waals surface area (Å²) in [6, 6.07) is 53.0. The average molecular weight is 682 g/mol. The van der Waals surface area contributed by atoms with Crippen LogP contribution in [0.4, 0.5) is 5.69 Å². The van der Waals surface area contributed by atoms with E-state index in [9.17, 15) is 0 Å². The SMILES string of the molecule is C=C/C=C\C(=C\c1ccc2oc3c4ccccc4ccc3c2c1)N(/C=C/C=C\c1cc2ccccc2o1)c1ccc(-c2cccc3ccccc23)cc1. The summed E-state index contributed by atoms with van der Waals surface area (Å²) in [5.74, 6) is 0.803. The van der Waals surface area contributed by atoms with E-state index in [0.717, 1.165) is 66.6 Å². The molecule has 0 amide bonds. The third-order valence-corrected chi connectivity index (χ3v) is 9.68. The zero-order chi connectivity index (χ0) is 35.6. The van der Waals surface area contributed by atoms with Crippen LogP contribution >= 0.6 is 0 Å². The van der Waals surface area contributed by atoms with Crippen LogP contribution in [-0.2, 0) is 0 Å². The zero-order valence-corrected chi connectivity index (χ0v) is 29.0. The second-order valence-electron chi connectivity index (χ2n) is 13.0. The van der Waals surface area contributed by atoms with Gasteiger partial charge in [0.1, 0.15) is 22.5 Å². The van der Waals surface area contributed by atoms with Gasteiger partial charge >= 0.3 is 0 Å². The lowest BCUT2D eigenvalue weighted by molar-refractivity contribution is 0.604. The number of rotatable bonds is 9. The van der Waals surface area contributed by atoms with Crippen LogP contribution in [0.5, 0.6) is 0 Å². The molecule has 53 heavy (non-hydrogen) atoms. The van der Waals surface area contributed by atoms with E-state index in [4.69, 9.17) is 8.83 Å². The van der Waals surface area contributed by atoms with Crippen LogP contribution in [0.1, 0.15) is 11.3 Å². The van der Waals surface area contributed by atoms with Crippen LogP contribution in [-0.4, -0.2) is 0 Å². The molecule has 0 spiro atoms. The molecule has 9 rings (SSSR count). The highest BCUT2D eigenvalue weighted by molar-refractivity contribution is 6.15. The summed E-state index contributed by atoms with van der Waals surface area (Å²) in [7, 11) is 0. The van der Waals surface area contributed by atoms with Crippen molar-refractivity contribution in [3.8, 4) is 11.1 Å². The Kier molecular flexibility index (Phi) is 8.35. The van der Waals surface area contributed by atoms with Gasteiger partial charge in [-0.05, 0) is 99.6 Å². The highest BCUT2D eigenvalue weighted by atomic mass is 16.3. The lowest BCUT2D eigenvalue weighted by Gasteiger charge is -2.23. The van der Waals surface area contributed by atoms with E-state index in [0.29, 0.717) is 0 Å². The fourth-order valence-electron chi connectivity index (χ4n) is 7.12.